The Morgan fingerprint density at radius 2 is 1.18 bits per heavy atom. The number of rotatable bonds is 18. The van der Waals surface area contributed by atoms with Crippen LogP contribution in [0.4, 0.5) is 13.2 Å². The van der Waals surface area contributed by atoms with Gasteiger partial charge in [-0.2, -0.15) is 9.46 Å². The lowest BCUT2D eigenvalue weighted by Gasteiger charge is -2.26. The Labute approximate surface area is 616 Å². The Bertz CT molecular complexity index is 5170. The molecular weight excluding hydrogens is 1460 g/mol. The van der Waals surface area contributed by atoms with Crippen LogP contribution in [0.5, 0.6) is 0 Å². The van der Waals surface area contributed by atoms with E-state index in [0.29, 0.717) is 49.4 Å². The van der Waals surface area contributed by atoms with Crippen LogP contribution in [0.15, 0.2) is 180 Å². The Hall–Kier alpha value is -8.95. The fraction of sp³-hybridized carbons (Fsp3) is 0.205. The Morgan fingerprint density at radius 3 is 1.84 bits per heavy atom. The first kappa shape index (κ1) is 71.4. The number of amides is 2. The number of aromatic nitrogens is 7. The molecule has 0 bridgehead atoms. The normalized spacial score (nSPS) is 14.1. The molecule has 10 aromatic heterocycles. The third-order valence-electron chi connectivity index (χ3n) is 17.0. The van der Waals surface area contributed by atoms with Gasteiger partial charge in [0.25, 0.3) is 11.8 Å². The summed E-state index contributed by atoms with van der Waals surface area (Å²) >= 11 is 38.2. The van der Waals surface area contributed by atoms with E-state index in [1.165, 1.54) is 46.3 Å². The van der Waals surface area contributed by atoms with Gasteiger partial charge in [-0.05, 0) is 129 Å². The molecule has 0 aliphatic carbocycles. The van der Waals surface area contributed by atoms with Gasteiger partial charge in [0.05, 0.1) is 82.2 Å². The Kier molecular flexibility index (Phi) is 22.5. The van der Waals surface area contributed by atoms with Crippen molar-refractivity contribution in [1.29, 1.82) is 0 Å². The second kappa shape index (κ2) is 32.2. The van der Waals surface area contributed by atoms with Gasteiger partial charge in [-0.1, -0.05) is 69.6 Å². The number of hydrogen-bond donors (Lipinski definition) is 4. The number of benzene rings is 3. The number of nitrogens with zero attached hydrogens (tertiary/aromatic N) is 9. The van der Waals surface area contributed by atoms with Crippen molar-refractivity contribution in [2.24, 2.45) is 0 Å². The molecule has 2 fully saturated rings. The summed E-state index contributed by atoms with van der Waals surface area (Å²) in [5.74, 6) is -0.949. The highest BCUT2D eigenvalue weighted by atomic mass is 35.5. The van der Waals surface area contributed by atoms with Crippen LogP contribution in [0, 0.1) is 17.5 Å². The molecule has 19 nitrogen and oxygen atoms in total. The average molecular weight is 1520 g/mol. The van der Waals surface area contributed by atoms with Crippen LogP contribution < -0.4 is 31.1 Å². The van der Waals surface area contributed by atoms with E-state index in [1.807, 2.05) is 79.0 Å². The van der Waals surface area contributed by atoms with E-state index in [9.17, 15) is 22.8 Å². The molecule has 15 rings (SSSR count). The minimum Gasteiger partial charge on any atom is -0.467 e. The highest BCUT2D eigenvalue weighted by molar-refractivity contribution is 7.17. The van der Waals surface area contributed by atoms with Crippen LogP contribution in [-0.4, -0.2) is 121 Å². The zero-order valence-electron chi connectivity index (χ0n) is 54.4. The molecule has 0 radical (unpaired) electrons. The molecule has 13 aromatic rings. The number of nitrogens with one attached hydrogen (secondary N) is 4. The zero-order chi connectivity index (χ0) is 71.1. The van der Waals surface area contributed by atoms with Crippen molar-refractivity contribution in [2.45, 2.75) is 32.6 Å². The first-order valence-electron chi connectivity index (χ1n) is 32.2. The molecule has 2 amide bonds. The summed E-state index contributed by atoms with van der Waals surface area (Å²) in [6.45, 7) is 13.8. The number of piperazine rings is 2. The highest BCUT2D eigenvalue weighted by Gasteiger charge is 2.25. The molecule has 2 saturated heterocycles. The molecular formula is C73H62Cl6F3N13O6S. The van der Waals surface area contributed by atoms with Gasteiger partial charge in [0.1, 0.15) is 40.0 Å². The summed E-state index contributed by atoms with van der Waals surface area (Å²) in [5, 5.41) is 9.98. The van der Waals surface area contributed by atoms with Crippen molar-refractivity contribution in [3.63, 3.8) is 0 Å². The molecule has 2 unspecified atom stereocenters. The van der Waals surface area contributed by atoms with E-state index in [4.69, 9.17) is 93.1 Å². The lowest BCUT2D eigenvalue weighted by molar-refractivity contribution is 0.0561. The Balaban J connectivity index is 0.000000137. The number of carbonyl (C=O) groups is 2. The van der Waals surface area contributed by atoms with Gasteiger partial charge in [0, 0.05) is 158 Å². The molecule has 2 aliphatic heterocycles. The number of pyridine rings is 4. The summed E-state index contributed by atoms with van der Waals surface area (Å²) in [6.07, 6.45) is 14.3. The number of halogens is 9. The van der Waals surface area contributed by atoms with Crippen LogP contribution in [0.3, 0.4) is 0 Å². The van der Waals surface area contributed by atoms with Gasteiger partial charge < -0.3 is 34.5 Å². The summed E-state index contributed by atoms with van der Waals surface area (Å²) < 4.78 is 57.9. The molecule has 524 valence electrons. The van der Waals surface area contributed by atoms with E-state index >= 15 is 0 Å². The third-order valence-corrected chi connectivity index (χ3v) is 20.2. The van der Waals surface area contributed by atoms with Gasteiger partial charge in [0.15, 0.2) is 12.2 Å². The fourth-order valence-electron chi connectivity index (χ4n) is 11.7. The fourth-order valence-corrected chi connectivity index (χ4v) is 14.5. The third kappa shape index (κ3) is 16.3. The van der Waals surface area contributed by atoms with Gasteiger partial charge >= 0.3 is 0 Å². The van der Waals surface area contributed by atoms with E-state index < -0.39 is 35.6 Å². The van der Waals surface area contributed by atoms with E-state index in [1.54, 1.807) is 79.1 Å². The lowest BCUT2D eigenvalue weighted by atomic mass is 10.1. The molecule has 12 heterocycles. The van der Waals surface area contributed by atoms with E-state index in [0.717, 1.165) is 138 Å². The second-order valence-electron chi connectivity index (χ2n) is 23.8. The van der Waals surface area contributed by atoms with Gasteiger partial charge in [-0.15, -0.1) is 11.3 Å². The predicted octanol–water partition coefficient (Wildman–Crippen LogP) is 16.6. The first-order valence-corrected chi connectivity index (χ1v) is 35.3. The number of hydrogen-bond acceptors (Lipinski definition) is 15. The summed E-state index contributed by atoms with van der Waals surface area (Å²) in [6, 6.07) is 32.2. The van der Waals surface area contributed by atoms with Crippen molar-refractivity contribution >= 4 is 126 Å². The molecule has 4 N–H and O–H groups in total. The maximum absolute atomic E-state index is 14.0. The summed E-state index contributed by atoms with van der Waals surface area (Å²) in [4.78, 5) is 61.6. The number of furan rings is 2. The monoisotopic (exact) mass is 1520 g/mol. The van der Waals surface area contributed by atoms with Gasteiger partial charge in [-0.3, -0.25) is 44.4 Å². The molecule has 0 saturated carbocycles. The molecule has 0 spiro atoms. The van der Waals surface area contributed by atoms with Crippen LogP contribution >= 0.6 is 80.9 Å². The first-order chi connectivity index (χ1) is 49.4. The topological polar surface area (TPSA) is 200 Å². The van der Waals surface area contributed by atoms with E-state index in [-0.39, 0.29) is 31.6 Å². The lowest BCUT2D eigenvalue weighted by Crippen LogP contribution is -2.46. The summed E-state index contributed by atoms with van der Waals surface area (Å²) in [5.41, 5.74) is 12.7. The van der Waals surface area contributed by atoms with Crippen molar-refractivity contribution < 1.29 is 41.3 Å². The van der Waals surface area contributed by atoms with Crippen LogP contribution in [0.2, 0.25) is 30.1 Å². The van der Waals surface area contributed by atoms with Crippen molar-refractivity contribution in [2.75, 3.05) is 70.9 Å². The van der Waals surface area contributed by atoms with Crippen LogP contribution in [-0.2, 0) is 6.54 Å². The van der Waals surface area contributed by atoms with Gasteiger partial charge in [0.2, 0.25) is 0 Å². The molecule has 102 heavy (non-hydrogen) atoms. The number of fused-ring (bicyclic) bond motifs is 3. The minimum atomic E-state index is -0.730. The average Bonchev–Trinajstić information content (AvgIpc) is 1.73. The quantitative estimate of drug-likeness (QED) is 0.0591. The van der Waals surface area contributed by atoms with E-state index in [2.05, 4.69) is 46.1 Å². The summed E-state index contributed by atoms with van der Waals surface area (Å²) in [7, 11) is 0. The van der Waals surface area contributed by atoms with Crippen molar-refractivity contribution in [3.05, 3.63) is 246 Å². The molecule has 3 aromatic carbocycles. The minimum absolute atomic E-state index is 0.0410. The standard InChI is InChI=1S/C26H26Cl2FN5O2S.C24H23Cl2FN4O2.C23H13Cl2FN4O2/c1-16(24-17(27)2-3-18(29)25(24)28)36-34-12-8-19-21(34)5-4-20(32-19)22-6-7-23(37-22)26(35)31-11-15-33-13-9-30-10-14-33;1-15(23-19(25)2-3-20(27)24(23)26)33-31-7-4-21-22(31)11-16(12-29-21)17-10-18(32-14-17)13-30-8-5-28-6-9-30;24-16-3-4-17(26)22(25)21(16)23(31)29-30-7-5-18-19(30)8-14(11-28-18)15-9-20(32-12-15)13-2-1-6-27-10-13/h2-8,12,16,30H,9-11,13-15H2,1H3,(H,31,35);2-4,7,10-12,14-15,28H,5-6,8-9,13H2,1H3;1-12H,(H,29,31). The van der Waals surface area contributed by atoms with Crippen LogP contribution in [0.1, 0.15) is 63.0 Å². The smallest absolute Gasteiger partial charge is 0.273 e. The SMILES string of the molecule is CC(On1ccc2nc(-c3ccc(C(=O)NCCN4CCNCC4)s3)ccc21)c1c(Cl)ccc(F)c1Cl.CC(On1ccc2ncc(-c3coc(CN4CCNCC4)c3)cc21)c1c(Cl)ccc(F)c1Cl.O=C(Nn1ccc2ncc(-c3coc(-c4cccnc4)c3)cc21)c1c(Cl)ccc(F)c1Cl. The predicted molar refractivity (Wildman–Crippen MR) is 394 cm³/mol. The second-order valence-corrected chi connectivity index (χ2v) is 27.2. The highest BCUT2D eigenvalue weighted by Crippen LogP contribution is 2.38. The Morgan fingerprint density at radius 1 is 0.588 bits per heavy atom. The zero-order valence-corrected chi connectivity index (χ0v) is 59.7. The van der Waals surface area contributed by atoms with Crippen molar-refractivity contribution in [3.8, 4) is 44.1 Å². The van der Waals surface area contributed by atoms with Crippen molar-refractivity contribution in [1.82, 2.24) is 59.8 Å². The molecule has 2 atom stereocenters. The molecule has 29 heteroatoms. The number of thiophene rings is 1. The molecule has 2 aliphatic rings. The maximum atomic E-state index is 14.0. The maximum Gasteiger partial charge on any atom is 0.273 e. The largest absolute Gasteiger partial charge is 0.467 e. The number of carbonyl (C=O) groups excluding carboxylic acids is 2. The van der Waals surface area contributed by atoms with Gasteiger partial charge in [-0.25, -0.2) is 18.2 Å². The van der Waals surface area contributed by atoms with Crippen LogP contribution in [0.25, 0.3) is 77.2 Å².